The van der Waals surface area contributed by atoms with Crippen LogP contribution in [0.3, 0.4) is 0 Å². The highest BCUT2D eigenvalue weighted by molar-refractivity contribution is 5.87. The monoisotopic (exact) mass is 390 g/mol. The fraction of sp³-hybridized carbons (Fsp3) is 0.688. The molecule has 11 heteroatoms. The van der Waals surface area contributed by atoms with E-state index < -0.39 is 73.6 Å². The first kappa shape index (κ1) is 20.2. The second-order valence-corrected chi connectivity index (χ2v) is 6.78. The van der Waals surface area contributed by atoms with Crippen molar-refractivity contribution in [3.05, 3.63) is 24.0 Å². The number of ether oxygens (including phenoxy) is 3. The molecule has 0 bridgehead atoms. The third-order valence-electron chi connectivity index (χ3n) is 5.15. The summed E-state index contributed by atoms with van der Waals surface area (Å²) in [6.07, 6.45) is -5.48. The highest BCUT2D eigenvalue weighted by Gasteiger charge is 2.55. The molecule has 0 aromatic rings. The fourth-order valence-electron chi connectivity index (χ4n) is 3.60. The number of fused-ring (bicyclic) bond motifs is 1. The van der Waals surface area contributed by atoms with Crippen molar-refractivity contribution in [3.63, 3.8) is 0 Å². The molecule has 0 radical (unpaired) electrons. The van der Waals surface area contributed by atoms with E-state index in [2.05, 4.69) is 0 Å². The van der Waals surface area contributed by atoms with Crippen LogP contribution < -0.4 is 0 Å². The van der Waals surface area contributed by atoms with Gasteiger partial charge in [-0.1, -0.05) is 12.2 Å². The molecule has 152 valence electrons. The maximum atomic E-state index is 11.4. The topological polar surface area (TPSA) is 186 Å². The average Bonchev–Trinajstić information content (AvgIpc) is 3.01. The summed E-state index contributed by atoms with van der Waals surface area (Å²) < 4.78 is 16.0. The molecule has 9 atom stereocenters. The largest absolute Gasteiger partial charge is 0.478 e. The molecule has 0 unspecified atom stereocenters. The van der Waals surface area contributed by atoms with Crippen LogP contribution in [0.2, 0.25) is 0 Å². The summed E-state index contributed by atoms with van der Waals surface area (Å²) >= 11 is 0. The van der Waals surface area contributed by atoms with Gasteiger partial charge in [0.15, 0.2) is 6.29 Å². The van der Waals surface area contributed by atoms with Gasteiger partial charge in [0.25, 0.3) is 0 Å². The summed E-state index contributed by atoms with van der Waals surface area (Å²) in [5.74, 6) is -3.20. The van der Waals surface area contributed by atoms with Gasteiger partial charge < -0.3 is 50.0 Å². The van der Waals surface area contributed by atoms with E-state index in [1.54, 1.807) is 0 Å². The summed E-state index contributed by atoms with van der Waals surface area (Å²) in [7, 11) is 0. The van der Waals surface area contributed by atoms with Crippen molar-refractivity contribution >= 4 is 5.97 Å². The lowest BCUT2D eigenvalue weighted by molar-refractivity contribution is -0.346. The van der Waals surface area contributed by atoms with Crippen LogP contribution in [0.1, 0.15) is 0 Å². The Kier molecular flexibility index (Phi) is 5.57. The Morgan fingerprint density at radius 2 is 1.85 bits per heavy atom. The molecule has 0 amide bonds. The lowest BCUT2D eigenvalue weighted by Gasteiger charge is -2.44. The number of rotatable bonds is 5. The van der Waals surface area contributed by atoms with E-state index in [0.717, 1.165) is 6.26 Å². The number of aliphatic hydroxyl groups excluding tert-OH is 5. The maximum Gasteiger partial charge on any atom is 0.335 e. The summed E-state index contributed by atoms with van der Waals surface area (Å²) in [4.78, 5) is 11.4. The highest BCUT2D eigenvalue weighted by Crippen LogP contribution is 2.45. The number of carbonyl (C=O) groups is 1. The van der Waals surface area contributed by atoms with Crippen molar-refractivity contribution in [1.82, 2.24) is 0 Å². The van der Waals surface area contributed by atoms with Crippen LogP contribution >= 0.6 is 0 Å². The quantitative estimate of drug-likeness (QED) is 0.233. The lowest BCUT2D eigenvalue weighted by Crippen LogP contribution is -2.61. The molecule has 1 saturated heterocycles. The van der Waals surface area contributed by atoms with E-state index >= 15 is 0 Å². The Bertz CT molecular complexity index is 632. The van der Waals surface area contributed by atoms with Gasteiger partial charge in [-0.15, -0.1) is 0 Å². The molecule has 3 rings (SSSR count). The highest BCUT2D eigenvalue weighted by atomic mass is 16.8. The molecule has 2 aliphatic heterocycles. The molecule has 0 spiro atoms. The minimum Gasteiger partial charge on any atom is -0.478 e. The maximum absolute atomic E-state index is 11.4. The van der Waals surface area contributed by atoms with Gasteiger partial charge in [-0.2, -0.15) is 0 Å². The van der Waals surface area contributed by atoms with E-state index in [1.807, 2.05) is 0 Å². The molecule has 1 fully saturated rings. The molecule has 3 aliphatic rings. The number of allylic oxidation sites excluding steroid dienone is 1. The molecule has 0 aromatic heterocycles. The molecule has 27 heavy (non-hydrogen) atoms. The molecule has 11 nitrogen and oxygen atoms in total. The van der Waals surface area contributed by atoms with Gasteiger partial charge in [-0.25, -0.2) is 4.79 Å². The summed E-state index contributed by atoms with van der Waals surface area (Å²) in [6.45, 7) is -1.40. The zero-order valence-corrected chi connectivity index (χ0v) is 14.0. The number of carboxylic acids is 1. The predicted octanol–water partition coefficient (Wildman–Crippen LogP) is -3.35. The van der Waals surface area contributed by atoms with Crippen molar-refractivity contribution in [1.29, 1.82) is 0 Å². The van der Waals surface area contributed by atoms with Crippen LogP contribution in [0.4, 0.5) is 0 Å². The Balaban J connectivity index is 1.84. The number of hydrogen-bond donors (Lipinski definition) is 7. The SMILES string of the molecule is O=C(O)C1=CO[C@H](O[C@@H]2O[C@H](CO)[C@@H](O)[C@H](O)[C@H]2O)[C@@H]2[C@H]1C=C[C@@]2(O)CO. The van der Waals surface area contributed by atoms with Crippen LogP contribution in [-0.2, 0) is 19.0 Å². The van der Waals surface area contributed by atoms with Crippen molar-refractivity contribution in [3.8, 4) is 0 Å². The predicted molar refractivity (Wildman–Crippen MR) is 83.6 cm³/mol. The van der Waals surface area contributed by atoms with E-state index in [1.165, 1.54) is 12.2 Å². The van der Waals surface area contributed by atoms with Crippen LogP contribution in [-0.4, -0.2) is 97.5 Å². The molecule has 0 saturated carbocycles. The van der Waals surface area contributed by atoms with Gasteiger partial charge in [-0.3, -0.25) is 0 Å². The van der Waals surface area contributed by atoms with Crippen LogP contribution in [0.25, 0.3) is 0 Å². The second kappa shape index (κ2) is 7.45. The lowest BCUT2D eigenvalue weighted by atomic mass is 9.79. The standard InChI is InChI=1S/C16H22O11/c17-3-8-10(19)11(20)12(21)15(26-8)27-14-9-6(1-2-16(9,24)5-18)7(4-25-14)13(22)23/h1-2,4,6,8-12,14-15,17-21,24H,3,5H2,(H,22,23)/t6-,8+,9-,10+,11-,12+,14+,15-,16+/m0/s1. The number of aliphatic carboxylic acids is 1. The average molecular weight is 390 g/mol. The van der Waals surface area contributed by atoms with Crippen LogP contribution in [0, 0.1) is 11.8 Å². The molecule has 7 N–H and O–H groups in total. The Morgan fingerprint density at radius 3 is 2.44 bits per heavy atom. The summed E-state index contributed by atoms with van der Waals surface area (Å²) in [6, 6.07) is 0. The summed E-state index contributed by atoms with van der Waals surface area (Å²) in [5, 5.41) is 68.4. The van der Waals surface area contributed by atoms with Gasteiger partial charge in [0.2, 0.25) is 6.29 Å². The van der Waals surface area contributed by atoms with E-state index in [0.29, 0.717) is 0 Å². The van der Waals surface area contributed by atoms with Gasteiger partial charge in [0.1, 0.15) is 30.0 Å². The van der Waals surface area contributed by atoms with Crippen molar-refractivity contribution in [2.75, 3.05) is 13.2 Å². The Labute approximate surface area is 153 Å². The van der Waals surface area contributed by atoms with Crippen molar-refractivity contribution < 1.29 is 54.8 Å². The molecular formula is C16H22O11. The van der Waals surface area contributed by atoms with Crippen LogP contribution in [0.5, 0.6) is 0 Å². The number of carboxylic acid groups (broad SMARTS) is 1. The third-order valence-corrected chi connectivity index (χ3v) is 5.15. The van der Waals surface area contributed by atoms with E-state index in [-0.39, 0.29) is 5.57 Å². The zero-order valence-electron chi connectivity index (χ0n) is 14.0. The van der Waals surface area contributed by atoms with Gasteiger partial charge in [-0.05, 0) is 0 Å². The smallest absolute Gasteiger partial charge is 0.335 e. The van der Waals surface area contributed by atoms with Crippen molar-refractivity contribution in [2.24, 2.45) is 11.8 Å². The normalized spacial score (nSPS) is 46.5. The first-order valence-electron chi connectivity index (χ1n) is 8.31. The Morgan fingerprint density at radius 1 is 1.15 bits per heavy atom. The molecule has 2 heterocycles. The number of hydrogen-bond acceptors (Lipinski definition) is 10. The van der Waals surface area contributed by atoms with Crippen molar-refractivity contribution in [2.45, 2.75) is 42.6 Å². The molecular weight excluding hydrogens is 368 g/mol. The Hall–Kier alpha value is -1.57. The molecule has 0 aromatic carbocycles. The van der Waals surface area contributed by atoms with Gasteiger partial charge in [0.05, 0.1) is 31.0 Å². The first-order chi connectivity index (χ1) is 12.7. The third kappa shape index (κ3) is 3.37. The second-order valence-electron chi connectivity index (χ2n) is 6.78. The minimum absolute atomic E-state index is 0.158. The number of aliphatic hydroxyl groups is 6. The van der Waals surface area contributed by atoms with E-state index in [4.69, 9.17) is 14.2 Å². The van der Waals surface area contributed by atoms with Crippen LogP contribution in [0.15, 0.2) is 24.0 Å². The minimum atomic E-state index is -1.85. The fourth-order valence-corrected chi connectivity index (χ4v) is 3.60. The zero-order chi connectivity index (χ0) is 19.9. The van der Waals surface area contributed by atoms with Gasteiger partial charge >= 0.3 is 5.97 Å². The molecule has 1 aliphatic carbocycles. The van der Waals surface area contributed by atoms with E-state index in [9.17, 15) is 40.5 Å². The van der Waals surface area contributed by atoms with Gasteiger partial charge in [0, 0.05) is 5.92 Å². The first-order valence-corrected chi connectivity index (χ1v) is 8.31. The summed E-state index contributed by atoms with van der Waals surface area (Å²) in [5.41, 5.74) is -2.01.